The number of aryl methyl sites for hydroxylation is 1. The summed E-state index contributed by atoms with van der Waals surface area (Å²) in [6.45, 7) is 4.36. The van der Waals surface area contributed by atoms with Gasteiger partial charge in [0.05, 0.1) is 17.2 Å². The standard InChI is InChI=1S/C14H18N2S/c1-3-6-12-7-4-5-8-13(12)16-11(2)14-9-17-10-15-14/h4-5,7-11,16H,3,6H2,1-2H3. The summed E-state index contributed by atoms with van der Waals surface area (Å²) >= 11 is 1.64. The highest BCUT2D eigenvalue weighted by Gasteiger charge is 2.08. The molecule has 0 bridgehead atoms. The SMILES string of the molecule is CCCc1ccccc1NC(C)c1cscn1. The van der Waals surface area contributed by atoms with Gasteiger partial charge in [-0.05, 0) is 25.0 Å². The van der Waals surface area contributed by atoms with E-state index in [0.29, 0.717) is 0 Å². The van der Waals surface area contributed by atoms with E-state index in [1.807, 2.05) is 5.51 Å². The van der Waals surface area contributed by atoms with Crippen LogP contribution < -0.4 is 5.32 Å². The predicted molar refractivity (Wildman–Crippen MR) is 74.6 cm³/mol. The van der Waals surface area contributed by atoms with Gasteiger partial charge in [-0.25, -0.2) is 4.98 Å². The molecule has 2 aromatic rings. The lowest BCUT2D eigenvalue weighted by Gasteiger charge is -2.16. The molecule has 90 valence electrons. The van der Waals surface area contributed by atoms with Crippen LogP contribution in [0.25, 0.3) is 0 Å². The molecule has 1 aromatic heterocycles. The minimum atomic E-state index is 0.263. The van der Waals surface area contributed by atoms with Crippen molar-refractivity contribution >= 4 is 17.0 Å². The molecular weight excluding hydrogens is 228 g/mol. The van der Waals surface area contributed by atoms with Crippen molar-refractivity contribution in [3.05, 3.63) is 46.4 Å². The van der Waals surface area contributed by atoms with Crippen LogP contribution in [-0.4, -0.2) is 4.98 Å². The summed E-state index contributed by atoms with van der Waals surface area (Å²) in [6.07, 6.45) is 2.29. The van der Waals surface area contributed by atoms with E-state index in [1.54, 1.807) is 11.3 Å². The number of benzene rings is 1. The first-order chi connectivity index (χ1) is 8.31. The normalized spacial score (nSPS) is 12.4. The van der Waals surface area contributed by atoms with Gasteiger partial charge in [0.1, 0.15) is 0 Å². The molecule has 0 aliphatic heterocycles. The molecule has 0 spiro atoms. The maximum atomic E-state index is 4.34. The molecule has 17 heavy (non-hydrogen) atoms. The molecule has 1 N–H and O–H groups in total. The van der Waals surface area contributed by atoms with Crippen molar-refractivity contribution in [1.29, 1.82) is 0 Å². The fraction of sp³-hybridized carbons (Fsp3) is 0.357. The zero-order valence-electron chi connectivity index (χ0n) is 10.3. The summed E-state index contributed by atoms with van der Waals surface area (Å²) < 4.78 is 0. The zero-order chi connectivity index (χ0) is 12.1. The van der Waals surface area contributed by atoms with Crippen molar-refractivity contribution in [3.63, 3.8) is 0 Å². The quantitative estimate of drug-likeness (QED) is 0.852. The van der Waals surface area contributed by atoms with Crippen LogP contribution in [0.3, 0.4) is 0 Å². The van der Waals surface area contributed by atoms with Gasteiger partial charge in [0.25, 0.3) is 0 Å². The largest absolute Gasteiger partial charge is 0.377 e. The third-order valence-electron chi connectivity index (χ3n) is 2.80. The Bertz CT molecular complexity index is 451. The van der Waals surface area contributed by atoms with Crippen molar-refractivity contribution in [3.8, 4) is 0 Å². The minimum Gasteiger partial charge on any atom is -0.377 e. The average molecular weight is 246 g/mol. The van der Waals surface area contributed by atoms with E-state index in [1.165, 1.54) is 17.7 Å². The number of rotatable bonds is 5. The van der Waals surface area contributed by atoms with Gasteiger partial charge in [-0.1, -0.05) is 31.5 Å². The van der Waals surface area contributed by atoms with Crippen LogP contribution in [0.4, 0.5) is 5.69 Å². The monoisotopic (exact) mass is 246 g/mol. The lowest BCUT2D eigenvalue weighted by molar-refractivity contribution is 0.840. The van der Waals surface area contributed by atoms with E-state index in [9.17, 15) is 0 Å². The molecule has 0 aliphatic rings. The summed E-state index contributed by atoms with van der Waals surface area (Å²) in [4.78, 5) is 4.34. The maximum absolute atomic E-state index is 4.34. The third-order valence-corrected chi connectivity index (χ3v) is 3.41. The van der Waals surface area contributed by atoms with Crippen molar-refractivity contribution in [2.24, 2.45) is 0 Å². The van der Waals surface area contributed by atoms with E-state index in [4.69, 9.17) is 0 Å². The lowest BCUT2D eigenvalue weighted by Crippen LogP contribution is -2.08. The van der Waals surface area contributed by atoms with Gasteiger partial charge in [0, 0.05) is 11.1 Å². The predicted octanol–water partition coefficient (Wildman–Crippen LogP) is 4.27. The molecule has 3 heteroatoms. The van der Waals surface area contributed by atoms with Crippen molar-refractivity contribution in [2.45, 2.75) is 32.7 Å². The van der Waals surface area contributed by atoms with Crippen LogP contribution in [0.15, 0.2) is 35.2 Å². The van der Waals surface area contributed by atoms with Gasteiger partial charge in [0.2, 0.25) is 0 Å². The van der Waals surface area contributed by atoms with Gasteiger partial charge in [0.15, 0.2) is 0 Å². The van der Waals surface area contributed by atoms with Gasteiger partial charge in [-0.15, -0.1) is 11.3 Å². The Morgan fingerprint density at radius 2 is 2.18 bits per heavy atom. The number of nitrogens with one attached hydrogen (secondary N) is 1. The third kappa shape index (κ3) is 3.07. The zero-order valence-corrected chi connectivity index (χ0v) is 11.1. The fourth-order valence-electron chi connectivity index (χ4n) is 1.89. The van der Waals surface area contributed by atoms with E-state index in [2.05, 4.69) is 53.8 Å². The smallest absolute Gasteiger partial charge is 0.0795 e. The Hall–Kier alpha value is -1.35. The van der Waals surface area contributed by atoms with E-state index in [-0.39, 0.29) is 6.04 Å². The molecule has 0 amide bonds. The highest BCUT2D eigenvalue weighted by atomic mass is 32.1. The summed E-state index contributed by atoms with van der Waals surface area (Å²) in [5.74, 6) is 0. The van der Waals surface area contributed by atoms with Gasteiger partial charge >= 0.3 is 0 Å². The summed E-state index contributed by atoms with van der Waals surface area (Å²) in [5.41, 5.74) is 5.61. The van der Waals surface area contributed by atoms with Crippen LogP contribution >= 0.6 is 11.3 Å². The fourth-order valence-corrected chi connectivity index (χ4v) is 2.54. The number of hydrogen-bond acceptors (Lipinski definition) is 3. The second-order valence-electron chi connectivity index (χ2n) is 4.19. The Balaban J connectivity index is 2.12. The molecule has 1 atom stereocenters. The number of aromatic nitrogens is 1. The molecule has 1 heterocycles. The molecule has 1 aromatic carbocycles. The van der Waals surface area contributed by atoms with Crippen LogP contribution in [0.1, 0.15) is 37.6 Å². The van der Waals surface area contributed by atoms with Gasteiger partial charge in [-0.3, -0.25) is 0 Å². The summed E-state index contributed by atoms with van der Waals surface area (Å²) in [6, 6.07) is 8.78. The topological polar surface area (TPSA) is 24.9 Å². The van der Waals surface area contributed by atoms with Crippen molar-refractivity contribution in [2.75, 3.05) is 5.32 Å². The average Bonchev–Trinajstić information content (AvgIpc) is 2.85. The lowest BCUT2D eigenvalue weighted by atomic mass is 10.1. The first kappa shape index (κ1) is 12.1. The highest BCUT2D eigenvalue weighted by Crippen LogP contribution is 2.23. The number of nitrogens with zero attached hydrogens (tertiary/aromatic N) is 1. The van der Waals surface area contributed by atoms with E-state index in [0.717, 1.165) is 12.1 Å². The Labute approximate surface area is 107 Å². The molecular formula is C14H18N2S. The highest BCUT2D eigenvalue weighted by molar-refractivity contribution is 7.07. The Kier molecular flexibility index (Phi) is 4.15. The molecule has 0 aliphatic carbocycles. The van der Waals surface area contributed by atoms with Crippen molar-refractivity contribution in [1.82, 2.24) is 4.98 Å². The maximum Gasteiger partial charge on any atom is 0.0795 e. The summed E-state index contributed by atoms with van der Waals surface area (Å²) in [7, 11) is 0. The van der Waals surface area contributed by atoms with Crippen LogP contribution in [0, 0.1) is 0 Å². The van der Waals surface area contributed by atoms with Gasteiger partial charge < -0.3 is 5.32 Å². The van der Waals surface area contributed by atoms with E-state index >= 15 is 0 Å². The van der Waals surface area contributed by atoms with Gasteiger partial charge in [-0.2, -0.15) is 0 Å². The molecule has 0 saturated heterocycles. The molecule has 2 rings (SSSR count). The number of hydrogen-bond donors (Lipinski definition) is 1. The van der Waals surface area contributed by atoms with Crippen LogP contribution in [0.2, 0.25) is 0 Å². The Morgan fingerprint density at radius 3 is 2.88 bits per heavy atom. The summed E-state index contributed by atoms with van der Waals surface area (Å²) in [5, 5.41) is 5.64. The number of thiazole rings is 1. The first-order valence-corrected chi connectivity index (χ1v) is 6.98. The first-order valence-electron chi connectivity index (χ1n) is 6.03. The minimum absolute atomic E-state index is 0.263. The second-order valence-corrected chi connectivity index (χ2v) is 4.91. The molecule has 0 radical (unpaired) electrons. The van der Waals surface area contributed by atoms with Crippen molar-refractivity contribution < 1.29 is 0 Å². The number of para-hydroxylation sites is 1. The molecule has 1 unspecified atom stereocenters. The second kappa shape index (κ2) is 5.82. The Morgan fingerprint density at radius 1 is 1.35 bits per heavy atom. The van der Waals surface area contributed by atoms with Crippen LogP contribution in [0.5, 0.6) is 0 Å². The number of anilines is 1. The molecule has 2 nitrogen and oxygen atoms in total. The molecule has 0 saturated carbocycles. The molecule has 0 fully saturated rings. The van der Waals surface area contributed by atoms with Crippen LogP contribution in [-0.2, 0) is 6.42 Å². The van der Waals surface area contributed by atoms with E-state index < -0.39 is 0 Å².